The zero-order valence-electron chi connectivity index (χ0n) is 15.8. The molecule has 0 amide bonds. The number of methoxy groups -OCH3 is 2. The van der Waals surface area contributed by atoms with Gasteiger partial charge in [-0.2, -0.15) is 0 Å². The van der Waals surface area contributed by atoms with Crippen LogP contribution in [0.15, 0.2) is 54.6 Å². The zero-order chi connectivity index (χ0) is 19.1. The van der Waals surface area contributed by atoms with E-state index < -0.39 is 0 Å². The molecule has 2 aromatic carbocycles. The number of nitrogens with one attached hydrogen (secondary N) is 1. The maximum absolute atomic E-state index is 6.03. The fraction of sp³-hybridized carbons (Fsp3) is 0.286. The Morgan fingerprint density at radius 2 is 1.85 bits per heavy atom. The first kappa shape index (κ1) is 18.8. The minimum atomic E-state index is -0.0883. The Kier molecular flexibility index (Phi) is 6.33. The SMILES string of the molecule is COCC(C)Oc1ccc(OCc2ccccc2)cc1-c1cc(OC)n[nH]1. The van der Waals surface area contributed by atoms with Crippen LogP contribution in [0.1, 0.15) is 12.5 Å². The highest BCUT2D eigenvalue weighted by Gasteiger charge is 2.14. The molecular formula is C21H24N2O4. The van der Waals surface area contributed by atoms with Crippen molar-refractivity contribution in [2.75, 3.05) is 20.8 Å². The summed E-state index contributed by atoms with van der Waals surface area (Å²) in [6, 6.07) is 17.6. The van der Waals surface area contributed by atoms with Crippen LogP contribution in [0.5, 0.6) is 17.4 Å². The van der Waals surface area contributed by atoms with Gasteiger partial charge in [-0.15, -0.1) is 5.10 Å². The smallest absolute Gasteiger partial charge is 0.232 e. The van der Waals surface area contributed by atoms with Gasteiger partial charge in [-0.3, -0.25) is 5.10 Å². The first-order valence-electron chi connectivity index (χ1n) is 8.75. The number of aromatic nitrogens is 2. The van der Waals surface area contributed by atoms with Crippen molar-refractivity contribution >= 4 is 0 Å². The lowest BCUT2D eigenvalue weighted by atomic mass is 10.1. The van der Waals surface area contributed by atoms with Gasteiger partial charge < -0.3 is 18.9 Å². The molecule has 0 aliphatic rings. The summed E-state index contributed by atoms with van der Waals surface area (Å²) < 4.78 is 22.3. The Labute approximate surface area is 159 Å². The molecular weight excluding hydrogens is 344 g/mol. The predicted octanol–water partition coefficient (Wildman–Crippen LogP) is 4.08. The van der Waals surface area contributed by atoms with Crippen LogP contribution in [0.4, 0.5) is 0 Å². The number of hydrogen-bond acceptors (Lipinski definition) is 5. The van der Waals surface area contributed by atoms with E-state index in [1.165, 1.54) is 0 Å². The van der Waals surface area contributed by atoms with Crippen molar-refractivity contribution in [3.8, 4) is 28.6 Å². The fourth-order valence-electron chi connectivity index (χ4n) is 2.68. The van der Waals surface area contributed by atoms with Gasteiger partial charge in [0.25, 0.3) is 0 Å². The fourth-order valence-corrected chi connectivity index (χ4v) is 2.68. The quantitative estimate of drug-likeness (QED) is 0.616. The molecule has 0 spiro atoms. The zero-order valence-corrected chi connectivity index (χ0v) is 15.8. The van der Waals surface area contributed by atoms with Gasteiger partial charge >= 0.3 is 0 Å². The molecule has 1 atom stereocenters. The lowest BCUT2D eigenvalue weighted by Crippen LogP contribution is -2.18. The Morgan fingerprint density at radius 1 is 1.04 bits per heavy atom. The summed E-state index contributed by atoms with van der Waals surface area (Å²) in [7, 11) is 3.23. The van der Waals surface area contributed by atoms with Crippen LogP contribution in [-0.2, 0) is 11.3 Å². The Balaban J connectivity index is 1.85. The van der Waals surface area contributed by atoms with Crippen LogP contribution in [0.25, 0.3) is 11.3 Å². The number of nitrogens with zero attached hydrogens (tertiary/aromatic N) is 1. The van der Waals surface area contributed by atoms with E-state index >= 15 is 0 Å². The summed E-state index contributed by atoms with van der Waals surface area (Å²) in [5, 5.41) is 7.10. The average molecular weight is 368 g/mol. The number of rotatable bonds is 9. The number of benzene rings is 2. The van der Waals surface area contributed by atoms with Crippen molar-refractivity contribution in [1.82, 2.24) is 10.2 Å². The third-order valence-corrected chi connectivity index (χ3v) is 3.98. The van der Waals surface area contributed by atoms with Crippen LogP contribution in [0, 0.1) is 0 Å². The maximum Gasteiger partial charge on any atom is 0.232 e. The van der Waals surface area contributed by atoms with Crippen LogP contribution < -0.4 is 14.2 Å². The largest absolute Gasteiger partial charge is 0.489 e. The molecule has 142 valence electrons. The van der Waals surface area contributed by atoms with Gasteiger partial charge in [0, 0.05) is 18.7 Å². The lowest BCUT2D eigenvalue weighted by molar-refractivity contribution is 0.0924. The molecule has 0 fully saturated rings. The van der Waals surface area contributed by atoms with Crippen molar-refractivity contribution in [1.29, 1.82) is 0 Å². The maximum atomic E-state index is 6.03. The first-order chi connectivity index (χ1) is 13.2. The molecule has 1 heterocycles. The molecule has 6 heteroatoms. The van der Waals surface area contributed by atoms with E-state index in [1.807, 2.05) is 61.5 Å². The molecule has 0 saturated heterocycles. The molecule has 6 nitrogen and oxygen atoms in total. The van der Waals surface area contributed by atoms with Crippen molar-refractivity contribution in [3.63, 3.8) is 0 Å². The minimum Gasteiger partial charge on any atom is -0.489 e. The summed E-state index contributed by atoms with van der Waals surface area (Å²) in [5.41, 5.74) is 2.74. The standard InChI is InChI=1S/C21H24N2O4/c1-15(13-24-2)27-20-10-9-17(26-14-16-7-5-4-6-8-16)11-18(20)19-12-21(25-3)23-22-19/h4-12,15H,13-14H2,1-3H3,(H,22,23). The number of aromatic amines is 1. The summed E-state index contributed by atoms with van der Waals surface area (Å²) in [6.07, 6.45) is -0.0883. The lowest BCUT2D eigenvalue weighted by Gasteiger charge is -2.17. The Hall–Kier alpha value is -2.99. The summed E-state index contributed by atoms with van der Waals surface area (Å²) >= 11 is 0. The number of ether oxygens (including phenoxy) is 4. The second-order valence-corrected chi connectivity index (χ2v) is 6.14. The average Bonchev–Trinajstić information content (AvgIpc) is 3.17. The number of H-pyrrole nitrogens is 1. The van der Waals surface area contributed by atoms with Crippen molar-refractivity contribution < 1.29 is 18.9 Å². The molecule has 0 aliphatic carbocycles. The Bertz CT molecular complexity index is 848. The normalized spacial score (nSPS) is 11.8. The second kappa shape index (κ2) is 9.09. The van der Waals surface area contributed by atoms with Crippen molar-refractivity contribution in [2.45, 2.75) is 19.6 Å². The van der Waals surface area contributed by atoms with Gasteiger partial charge in [0.05, 0.1) is 19.4 Å². The van der Waals surface area contributed by atoms with E-state index in [0.29, 0.717) is 19.1 Å². The predicted molar refractivity (Wildman–Crippen MR) is 103 cm³/mol. The van der Waals surface area contributed by atoms with E-state index in [2.05, 4.69) is 10.2 Å². The molecule has 0 aliphatic heterocycles. The van der Waals surface area contributed by atoms with Crippen molar-refractivity contribution in [2.24, 2.45) is 0 Å². The van der Waals surface area contributed by atoms with Gasteiger partial charge in [-0.25, -0.2) is 0 Å². The van der Waals surface area contributed by atoms with Crippen LogP contribution >= 0.6 is 0 Å². The van der Waals surface area contributed by atoms with E-state index in [1.54, 1.807) is 14.2 Å². The van der Waals surface area contributed by atoms with Gasteiger partial charge in [-0.05, 0) is 30.7 Å². The van der Waals surface area contributed by atoms with E-state index in [9.17, 15) is 0 Å². The van der Waals surface area contributed by atoms with E-state index in [4.69, 9.17) is 18.9 Å². The molecule has 0 radical (unpaired) electrons. The second-order valence-electron chi connectivity index (χ2n) is 6.14. The Morgan fingerprint density at radius 3 is 2.56 bits per heavy atom. The molecule has 1 aromatic heterocycles. The van der Waals surface area contributed by atoms with E-state index in [0.717, 1.165) is 28.3 Å². The third kappa shape index (κ3) is 5.01. The highest BCUT2D eigenvalue weighted by atomic mass is 16.5. The summed E-state index contributed by atoms with van der Waals surface area (Å²) in [6.45, 7) is 2.95. The van der Waals surface area contributed by atoms with Gasteiger partial charge in [-0.1, -0.05) is 30.3 Å². The summed E-state index contributed by atoms with van der Waals surface area (Å²) in [5.74, 6) is 1.98. The number of hydrogen-bond donors (Lipinski definition) is 1. The molecule has 3 rings (SSSR count). The monoisotopic (exact) mass is 368 g/mol. The molecule has 0 saturated carbocycles. The van der Waals surface area contributed by atoms with Crippen LogP contribution in [0.2, 0.25) is 0 Å². The molecule has 0 bridgehead atoms. The molecule has 3 aromatic rings. The van der Waals surface area contributed by atoms with Gasteiger partial charge in [0.1, 0.15) is 24.2 Å². The van der Waals surface area contributed by atoms with Gasteiger partial charge in [0.15, 0.2) is 0 Å². The van der Waals surface area contributed by atoms with Crippen LogP contribution in [-0.4, -0.2) is 37.1 Å². The molecule has 27 heavy (non-hydrogen) atoms. The van der Waals surface area contributed by atoms with Gasteiger partial charge in [0.2, 0.25) is 5.88 Å². The highest BCUT2D eigenvalue weighted by Crippen LogP contribution is 2.34. The topological polar surface area (TPSA) is 65.6 Å². The van der Waals surface area contributed by atoms with Crippen molar-refractivity contribution in [3.05, 3.63) is 60.2 Å². The third-order valence-electron chi connectivity index (χ3n) is 3.98. The first-order valence-corrected chi connectivity index (χ1v) is 8.75. The van der Waals surface area contributed by atoms with E-state index in [-0.39, 0.29) is 6.10 Å². The molecule has 1 unspecified atom stereocenters. The highest BCUT2D eigenvalue weighted by molar-refractivity contribution is 5.69. The molecule has 1 N–H and O–H groups in total. The van der Waals surface area contributed by atoms with Crippen LogP contribution in [0.3, 0.4) is 0 Å². The minimum absolute atomic E-state index is 0.0883. The summed E-state index contributed by atoms with van der Waals surface area (Å²) in [4.78, 5) is 0.